The topological polar surface area (TPSA) is 78.9 Å². The van der Waals surface area contributed by atoms with Crippen LogP contribution in [-0.4, -0.2) is 36.7 Å². The van der Waals surface area contributed by atoms with Gasteiger partial charge in [0.05, 0.1) is 19.1 Å². The van der Waals surface area contributed by atoms with E-state index in [1.165, 1.54) is 0 Å². The number of hydrogen-bond donors (Lipinski definition) is 0. The van der Waals surface area contributed by atoms with Gasteiger partial charge in [0.1, 0.15) is 0 Å². The van der Waals surface area contributed by atoms with Crippen molar-refractivity contribution in [3.8, 4) is 0 Å². The van der Waals surface area contributed by atoms with Gasteiger partial charge in [0, 0.05) is 12.5 Å². The highest BCUT2D eigenvalue weighted by molar-refractivity contribution is 5.96. The van der Waals surface area contributed by atoms with Crippen LogP contribution in [0.2, 0.25) is 0 Å². The Morgan fingerprint density at radius 2 is 2.35 bits per heavy atom. The van der Waals surface area contributed by atoms with Gasteiger partial charge >= 0.3 is 17.9 Å². The average Bonchev–Trinajstić information content (AvgIpc) is 2.57. The highest BCUT2D eigenvalue weighted by Gasteiger charge is 2.35. The Morgan fingerprint density at radius 1 is 1.65 bits per heavy atom. The third-order valence-corrected chi connectivity index (χ3v) is 2.16. The molecule has 1 rings (SSSR count). The van der Waals surface area contributed by atoms with E-state index < -0.39 is 24.0 Å². The molecular weight excluding hydrogens is 228 g/mol. The van der Waals surface area contributed by atoms with Gasteiger partial charge in [0.25, 0.3) is 0 Å². The highest BCUT2D eigenvalue weighted by Crippen LogP contribution is 2.15. The van der Waals surface area contributed by atoms with Crippen LogP contribution in [0.3, 0.4) is 0 Å². The summed E-state index contributed by atoms with van der Waals surface area (Å²) in [5, 5.41) is 0. The molecule has 6 heteroatoms. The van der Waals surface area contributed by atoms with E-state index in [1.54, 1.807) is 6.92 Å². The van der Waals surface area contributed by atoms with Crippen LogP contribution >= 0.6 is 0 Å². The number of cyclic esters (lactones) is 2. The Morgan fingerprint density at radius 3 is 2.88 bits per heavy atom. The lowest BCUT2D eigenvalue weighted by Crippen LogP contribution is -2.25. The van der Waals surface area contributed by atoms with Gasteiger partial charge in [-0.15, -0.1) is 0 Å². The molecule has 0 aromatic heterocycles. The minimum atomic E-state index is -0.840. The van der Waals surface area contributed by atoms with Crippen LogP contribution in [0.1, 0.15) is 19.8 Å². The molecule has 0 saturated carbocycles. The number of rotatable bonds is 6. The van der Waals surface area contributed by atoms with Crippen LogP contribution in [0.4, 0.5) is 0 Å². The molecule has 0 aromatic carbocycles. The Kier molecular flexibility index (Phi) is 4.84. The van der Waals surface area contributed by atoms with Crippen molar-refractivity contribution in [3.05, 3.63) is 12.7 Å². The van der Waals surface area contributed by atoms with Crippen molar-refractivity contribution in [3.63, 3.8) is 0 Å². The van der Waals surface area contributed by atoms with Crippen molar-refractivity contribution >= 4 is 17.9 Å². The summed E-state index contributed by atoms with van der Waals surface area (Å²) in [6.45, 7) is 5.14. The molecule has 1 aliphatic heterocycles. The zero-order chi connectivity index (χ0) is 12.8. The summed E-state index contributed by atoms with van der Waals surface area (Å²) in [5.74, 6) is -1.75. The SMILES string of the molecule is C=CC(=O)OCCC(C)OC1CC(=O)OC1=O. The molecule has 2 unspecified atom stereocenters. The van der Waals surface area contributed by atoms with E-state index in [9.17, 15) is 14.4 Å². The maximum atomic E-state index is 11.1. The van der Waals surface area contributed by atoms with Crippen LogP contribution in [0.15, 0.2) is 12.7 Å². The highest BCUT2D eigenvalue weighted by atomic mass is 16.6. The lowest BCUT2D eigenvalue weighted by Gasteiger charge is -2.15. The fraction of sp³-hybridized carbons (Fsp3) is 0.545. The molecule has 0 bridgehead atoms. The zero-order valence-electron chi connectivity index (χ0n) is 9.51. The van der Waals surface area contributed by atoms with E-state index in [2.05, 4.69) is 11.3 Å². The standard InChI is InChI=1S/C11H14O6/c1-3-9(12)15-5-4-7(2)16-8-6-10(13)17-11(8)14/h3,7-8H,1,4-6H2,2H3. The molecule has 6 nitrogen and oxygen atoms in total. The number of carbonyl (C=O) groups is 3. The minimum Gasteiger partial charge on any atom is -0.462 e. The Hall–Kier alpha value is -1.69. The molecular formula is C11H14O6. The van der Waals surface area contributed by atoms with Gasteiger partial charge in [0.15, 0.2) is 6.10 Å². The van der Waals surface area contributed by atoms with Crippen molar-refractivity contribution in [1.82, 2.24) is 0 Å². The molecule has 0 amide bonds. The van der Waals surface area contributed by atoms with Crippen LogP contribution in [0.25, 0.3) is 0 Å². The van der Waals surface area contributed by atoms with Gasteiger partial charge in [-0.2, -0.15) is 0 Å². The number of ether oxygens (including phenoxy) is 3. The fourth-order valence-corrected chi connectivity index (χ4v) is 1.29. The van der Waals surface area contributed by atoms with E-state index in [0.29, 0.717) is 6.42 Å². The Labute approximate surface area is 98.5 Å². The first-order valence-corrected chi connectivity index (χ1v) is 5.22. The van der Waals surface area contributed by atoms with Gasteiger partial charge in [-0.05, 0) is 6.92 Å². The van der Waals surface area contributed by atoms with Crippen molar-refractivity contribution in [1.29, 1.82) is 0 Å². The molecule has 0 spiro atoms. The molecule has 1 saturated heterocycles. The number of esters is 3. The third-order valence-electron chi connectivity index (χ3n) is 2.16. The van der Waals surface area contributed by atoms with Crippen molar-refractivity contribution in [2.45, 2.75) is 32.0 Å². The lowest BCUT2D eigenvalue weighted by atomic mass is 10.2. The van der Waals surface area contributed by atoms with Crippen molar-refractivity contribution in [2.75, 3.05) is 6.61 Å². The minimum absolute atomic E-state index is 0.0599. The average molecular weight is 242 g/mol. The molecule has 0 aliphatic carbocycles. The maximum absolute atomic E-state index is 11.1. The van der Waals surface area contributed by atoms with E-state index in [0.717, 1.165) is 6.08 Å². The quantitative estimate of drug-likeness (QED) is 0.380. The molecule has 1 aliphatic rings. The van der Waals surface area contributed by atoms with Gasteiger partial charge in [-0.25, -0.2) is 9.59 Å². The summed E-state index contributed by atoms with van der Waals surface area (Å²) in [5.41, 5.74) is 0. The molecule has 2 atom stereocenters. The van der Waals surface area contributed by atoms with E-state index in [-0.39, 0.29) is 19.1 Å². The predicted octanol–water partition coefficient (Wildman–Crippen LogP) is 0.353. The van der Waals surface area contributed by atoms with Gasteiger partial charge in [-0.3, -0.25) is 4.79 Å². The molecule has 94 valence electrons. The van der Waals surface area contributed by atoms with Crippen LogP contribution in [0, 0.1) is 0 Å². The van der Waals surface area contributed by atoms with Crippen LogP contribution in [-0.2, 0) is 28.6 Å². The normalized spacial score (nSPS) is 20.9. The van der Waals surface area contributed by atoms with Gasteiger partial charge in [0.2, 0.25) is 0 Å². The van der Waals surface area contributed by atoms with Gasteiger partial charge in [-0.1, -0.05) is 6.58 Å². The van der Waals surface area contributed by atoms with Crippen LogP contribution < -0.4 is 0 Å². The van der Waals surface area contributed by atoms with Crippen molar-refractivity contribution in [2.24, 2.45) is 0 Å². The molecule has 0 N–H and O–H groups in total. The largest absolute Gasteiger partial charge is 0.462 e. The number of carbonyl (C=O) groups excluding carboxylic acids is 3. The molecule has 1 fully saturated rings. The summed E-state index contributed by atoms with van der Waals surface area (Å²) >= 11 is 0. The summed E-state index contributed by atoms with van der Waals surface area (Å²) in [6, 6.07) is 0. The maximum Gasteiger partial charge on any atom is 0.343 e. The zero-order valence-corrected chi connectivity index (χ0v) is 9.51. The predicted molar refractivity (Wildman–Crippen MR) is 55.8 cm³/mol. The summed E-state index contributed by atoms with van der Waals surface area (Å²) in [6.07, 6.45) is 0.287. The van der Waals surface area contributed by atoms with Crippen LogP contribution in [0.5, 0.6) is 0 Å². The number of hydrogen-bond acceptors (Lipinski definition) is 6. The van der Waals surface area contributed by atoms with E-state index in [1.807, 2.05) is 0 Å². The first kappa shape index (κ1) is 13.4. The monoisotopic (exact) mass is 242 g/mol. The lowest BCUT2D eigenvalue weighted by molar-refractivity contribution is -0.157. The first-order chi connectivity index (χ1) is 8.02. The van der Waals surface area contributed by atoms with E-state index in [4.69, 9.17) is 9.47 Å². The second-order valence-corrected chi connectivity index (χ2v) is 3.59. The van der Waals surface area contributed by atoms with E-state index >= 15 is 0 Å². The second-order valence-electron chi connectivity index (χ2n) is 3.59. The van der Waals surface area contributed by atoms with Gasteiger partial charge < -0.3 is 14.2 Å². The smallest absolute Gasteiger partial charge is 0.343 e. The second kappa shape index (κ2) is 6.15. The third kappa shape index (κ3) is 4.36. The molecule has 1 heterocycles. The Balaban J connectivity index is 2.23. The summed E-state index contributed by atoms with van der Waals surface area (Å²) < 4.78 is 14.4. The molecule has 0 aromatic rings. The molecule has 0 radical (unpaired) electrons. The fourth-order valence-electron chi connectivity index (χ4n) is 1.29. The summed E-state index contributed by atoms with van der Waals surface area (Å²) in [4.78, 5) is 32.6. The summed E-state index contributed by atoms with van der Waals surface area (Å²) in [7, 11) is 0. The first-order valence-electron chi connectivity index (χ1n) is 5.22. The molecule has 17 heavy (non-hydrogen) atoms. The van der Waals surface area contributed by atoms with Crippen molar-refractivity contribution < 1.29 is 28.6 Å². The Bertz CT molecular complexity index is 335.